The van der Waals surface area contributed by atoms with Gasteiger partial charge in [0, 0.05) is 5.69 Å². The molecule has 0 fully saturated rings. The molecule has 158 valence electrons. The van der Waals surface area contributed by atoms with E-state index in [2.05, 4.69) is 6.58 Å². The van der Waals surface area contributed by atoms with Crippen molar-refractivity contribution in [2.24, 2.45) is 0 Å². The Labute approximate surface area is 183 Å². The number of carbonyl (C=O) groups excluding carboxylic acids is 1. The minimum atomic E-state index is -0.725. The quantitative estimate of drug-likeness (QED) is 0.409. The van der Waals surface area contributed by atoms with E-state index in [1.54, 1.807) is 42.5 Å². The minimum Gasteiger partial charge on any atom is -0.490 e. The van der Waals surface area contributed by atoms with Gasteiger partial charge in [0.15, 0.2) is 5.43 Å². The molecule has 0 spiro atoms. The molecular formula is C26H18FNO4. The zero-order chi connectivity index (χ0) is 22.2. The van der Waals surface area contributed by atoms with E-state index in [0.29, 0.717) is 23.6 Å². The second kappa shape index (κ2) is 7.81. The van der Waals surface area contributed by atoms with Crippen molar-refractivity contribution < 1.29 is 18.3 Å². The Bertz CT molecular complexity index is 1390. The molecule has 1 aliphatic heterocycles. The highest BCUT2D eigenvalue weighted by Gasteiger charge is 2.43. The normalized spacial score (nSPS) is 15.1. The molecule has 2 heterocycles. The molecule has 1 amide bonds. The zero-order valence-corrected chi connectivity index (χ0v) is 17.0. The number of benzene rings is 3. The first-order valence-electron chi connectivity index (χ1n) is 10.1. The smallest absolute Gasteiger partial charge is 0.295 e. The number of fused-ring (bicyclic) bond motifs is 2. The van der Waals surface area contributed by atoms with Gasteiger partial charge in [-0.1, -0.05) is 43.0 Å². The number of rotatable bonds is 5. The second-order valence-electron chi connectivity index (χ2n) is 7.40. The van der Waals surface area contributed by atoms with Gasteiger partial charge < -0.3 is 9.15 Å². The summed E-state index contributed by atoms with van der Waals surface area (Å²) in [5.74, 6) is -0.368. The number of anilines is 1. The van der Waals surface area contributed by atoms with Crippen LogP contribution in [0, 0.1) is 5.82 Å². The Morgan fingerprint density at radius 1 is 1.03 bits per heavy atom. The highest BCUT2D eigenvalue weighted by Crippen LogP contribution is 2.41. The molecule has 0 radical (unpaired) electrons. The molecule has 3 aromatic carbocycles. The number of nitrogens with zero attached hydrogens (tertiary/aromatic N) is 1. The maximum absolute atomic E-state index is 13.9. The van der Waals surface area contributed by atoms with Crippen LogP contribution in [-0.2, 0) is 0 Å². The number of para-hydroxylation sites is 1. The van der Waals surface area contributed by atoms with Crippen LogP contribution in [-0.4, -0.2) is 12.5 Å². The van der Waals surface area contributed by atoms with Crippen LogP contribution in [0.25, 0.3) is 11.0 Å². The van der Waals surface area contributed by atoms with Crippen molar-refractivity contribution in [3.05, 3.63) is 118 Å². The first-order chi connectivity index (χ1) is 15.6. The summed E-state index contributed by atoms with van der Waals surface area (Å²) < 4.78 is 25.3. The highest BCUT2D eigenvalue weighted by atomic mass is 19.1. The number of hydrogen-bond acceptors (Lipinski definition) is 4. The first-order valence-corrected chi connectivity index (χ1v) is 10.1. The lowest BCUT2D eigenvalue weighted by atomic mass is 9.98. The maximum Gasteiger partial charge on any atom is 0.295 e. The fourth-order valence-electron chi connectivity index (χ4n) is 4.02. The van der Waals surface area contributed by atoms with E-state index in [-0.39, 0.29) is 22.3 Å². The van der Waals surface area contributed by atoms with Gasteiger partial charge in [-0.3, -0.25) is 14.5 Å². The lowest BCUT2D eigenvalue weighted by Gasteiger charge is -2.25. The third-order valence-corrected chi connectivity index (χ3v) is 5.43. The standard InChI is InChI=1S/C26H18FNO4/c1-2-14-31-19-11-8-16(9-12-19)23-22-24(29)20-15-17(27)10-13-21(20)32-25(22)26(30)28(23)18-6-4-3-5-7-18/h2-13,15,23H,1,14H2. The van der Waals surface area contributed by atoms with E-state index in [1.807, 2.05) is 18.2 Å². The van der Waals surface area contributed by atoms with Crippen LogP contribution in [0.15, 0.2) is 94.7 Å². The summed E-state index contributed by atoms with van der Waals surface area (Å²) in [5, 5.41) is 0.0994. The van der Waals surface area contributed by atoms with Crippen LogP contribution in [0.1, 0.15) is 27.7 Å². The lowest BCUT2D eigenvalue weighted by Crippen LogP contribution is -2.29. The average Bonchev–Trinajstić information content (AvgIpc) is 3.11. The van der Waals surface area contributed by atoms with E-state index in [1.165, 1.54) is 17.0 Å². The predicted octanol–water partition coefficient (Wildman–Crippen LogP) is 5.25. The molecule has 1 atom stereocenters. The van der Waals surface area contributed by atoms with Gasteiger partial charge >= 0.3 is 0 Å². The second-order valence-corrected chi connectivity index (χ2v) is 7.40. The molecule has 1 aliphatic rings. The molecule has 0 saturated heterocycles. The molecule has 1 unspecified atom stereocenters. The average molecular weight is 427 g/mol. The molecule has 0 aliphatic carbocycles. The SMILES string of the molecule is C=CCOc1ccc(C2c3c(oc4ccc(F)cc4c3=O)C(=O)N2c2ccccc2)cc1. The third-order valence-electron chi connectivity index (χ3n) is 5.43. The molecule has 0 N–H and O–H groups in total. The summed E-state index contributed by atoms with van der Waals surface area (Å²) in [4.78, 5) is 28.4. The van der Waals surface area contributed by atoms with E-state index in [9.17, 15) is 14.0 Å². The van der Waals surface area contributed by atoms with Crippen molar-refractivity contribution in [3.63, 3.8) is 0 Å². The number of amides is 1. The summed E-state index contributed by atoms with van der Waals surface area (Å²) in [6, 6.07) is 19.2. The summed E-state index contributed by atoms with van der Waals surface area (Å²) in [5.41, 5.74) is 1.26. The molecule has 6 heteroatoms. The fourth-order valence-corrected chi connectivity index (χ4v) is 4.02. The molecule has 5 nitrogen and oxygen atoms in total. The van der Waals surface area contributed by atoms with Gasteiger partial charge in [-0.15, -0.1) is 0 Å². The third kappa shape index (κ3) is 3.17. The summed E-state index contributed by atoms with van der Waals surface area (Å²) in [7, 11) is 0. The number of hydrogen-bond donors (Lipinski definition) is 0. The van der Waals surface area contributed by atoms with Crippen LogP contribution < -0.4 is 15.1 Å². The van der Waals surface area contributed by atoms with Crippen LogP contribution in [0.3, 0.4) is 0 Å². The van der Waals surface area contributed by atoms with Gasteiger partial charge in [0.2, 0.25) is 5.76 Å². The van der Waals surface area contributed by atoms with Crippen LogP contribution >= 0.6 is 0 Å². The summed E-state index contributed by atoms with van der Waals surface area (Å²) in [6.45, 7) is 4.00. The fraction of sp³-hybridized carbons (Fsp3) is 0.0769. The number of ether oxygens (including phenoxy) is 1. The Morgan fingerprint density at radius 3 is 2.50 bits per heavy atom. The Kier molecular flexibility index (Phi) is 4.82. The highest BCUT2D eigenvalue weighted by molar-refractivity contribution is 6.10. The Hall–Kier alpha value is -4.19. The molecule has 32 heavy (non-hydrogen) atoms. The van der Waals surface area contributed by atoms with Gasteiger partial charge in [0.1, 0.15) is 23.8 Å². The molecule has 1 aromatic heterocycles. The van der Waals surface area contributed by atoms with Crippen molar-refractivity contribution in [2.45, 2.75) is 6.04 Å². The lowest BCUT2D eigenvalue weighted by molar-refractivity contribution is 0.0971. The minimum absolute atomic E-state index is 0.0325. The topological polar surface area (TPSA) is 59.8 Å². The van der Waals surface area contributed by atoms with Crippen LogP contribution in [0.4, 0.5) is 10.1 Å². The van der Waals surface area contributed by atoms with Gasteiger partial charge in [-0.25, -0.2) is 4.39 Å². The van der Waals surface area contributed by atoms with Crippen molar-refractivity contribution in [2.75, 3.05) is 11.5 Å². The van der Waals surface area contributed by atoms with Gasteiger partial charge in [0.25, 0.3) is 5.91 Å². The number of halogens is 1. The zero-order valence-electron chi connectivity index (χ0n) is 17.0. The van der Waals surface area contributed by atoms with E-state index >= 15 is 0 Å². The Morgan fingerprint density at radius 2 is 1.78 bits per heavy atom. The summed E-state index contributed by atoms with van der Waals surface area (Å²) >= 11 is 0. The van der Waals surface area contributed by atoms with Crippen molar-refractivity contribution in [1.82, 2.24) is 0 Å². The Balaban J connectivity index is 1.73. The molecule has 0 saturated carbocycles. The van der Waals surface area contributed by atoms with Crippen LogP contribution in [0.5, 0.6) is 5.75 Å². The van der Waals surface area contributed by atoms with Gasteiger partial charge in [0.05, 0.1) is 17.0 Å². The monoisotopic (exact) mass is 427 g/mol. The van der Waals surface area contributed by atoms with Crippen molar-refractivity contribution in [1.29, 1.82) is 0 Å². The first kappa shape index (κ1) is 19.8. The van der Waals surface area contributed by atoms with Crippen molar-refractivity contribution >= 4 is 22.6 Å². The molecule has 5 rings (SSSR count). The predicted molar refractivity (Wildman–Crippen MR) is 120 cm³/mol. The van der Waals surface area contributed by atoms with Crippen LogP contribution in [0.2, 0.25) is 0 Å². The maximum atomic E-state index is 13.9. The number of carbonyl (C=O) groups is 1. The largest absolute Gasteiger partial charge is 0.490 e. The van der Waals surface area contributed by atoms with E-state index in [0.717, 1.165) is 6.07 Å². The molecule has 0 bridgehead atoms. The van der Waals surface area contributed by atoms with Crippen molar-refractivity contribution in [3.8, 4) is 5.75 Å². The van der Waals surface area contributed by atoms with Gasteiger partial charge in [-0.05, 0) is 48.0 Å². The molecular weight excluding hydrogens is 409 g/mol. The van der Waals surface area contributed by atoms with E-state index < -0.39 is 23.2 Å². The summed E-state index contributed by atoms with van der Waals surface area (Å²) in [6.07, 6.45) is 1.65. The van der Waals surface area contributed by atoms with E-state index in [4.69, 9.17) is 9.15 Å². The molecule has 4 aromatic rings. The van der Waals surface area contributed by atoms with Gasteiger partial charge in [-0.2, -0.15) is 0 Å².